The number of hydrogen-bond acceptors (Lipinski definition) is 3. The molecule has 0 fully saturated rings. The first-order chi connectivity index (χ1) is 8.03. The Kier molecular flexibility index (Phi) is 2.99. The second-order valence-electron chi connectivity index (χ2n) is 3.33. The molecule has 0 radical (unpaired) electrons. The number of ether oxygens (including phenoxy) is 1. The molecule has 7 heteroatoms. The van der Waals surface area contributed by atoms with Crippen LogP contribution in [0.25, 0.3) is 0 Å². The predicted molar refractivity (Wildman–Crippen MR) is 52.2 cm³/mol. The lowest BCUT2D eigenvalue weighted by Crippen LogP contribution is -2.17. The molecule has 0 amide bonds. The Balaban J connectivity index is 2.12. The molecule has 0 spiro atoms. The summed E-state index contributed by atoms with van der Waals surface area (Å²) in [5.41, 5.74) is 0.673. The lowest BCUT2D eigenvalue weighted by molar-refractivity contribution is -0.274. The van der Waals surface area contributed by atoms with Gasteiger partial charge in [0.25, 0.3) is 0 Å². The maximum Gasteiger partial charge on any atom is 0.573 e. The van der Waals surface area contributed by atoms with Crippen molar-refractivity contribution >= 4 is 0 Å². The first-order valence-corrected chi connectivity index (χ1v) is 4.70. The summed E-state index contributed by atoms with van der Waals surface area (Å²) in [5, 5.41) is 7.20. The summed E-state index contributed by atoms with van der Waals surface area (Å²) >= 11 is 0. The summed E-state index contributed by atoms with van der Waals surface area (Å²) in [6, 6.07) is 5.78. The molecule has 0 bridgehead atoms. The SMILES string of the molecule is FC(F)(F)Oc1cccc(Cn2cnnc2)c1. The van der Waals surface area contributed by atoms with Gasteiger partial charge in [-0.15, -0.1) is 23.4 Å². The Morgan fingerprint density at radius 2 is 1.88 bits per heavy atom. The van der Waals surface area contributed by atoms with Gasteiger partial charge in [0, 0.05) is 0 Å². The molecule has 0 atom stereocenters. The molecule has 0 N–H and O–H groups in total. The molecule has 0 aliphatic rings. The van der Waals surface area contributed by atoms with E-state index in [2.05, 4.69) is 14.9 Å². The van der Waals surface area contributed by atoms with Crippen molar-refractivity contribution in [2.24, 2.45) is 0 Å². The van der Waals surface area contributed by atoms with Crippen molar-refractivity contribution in [3.8, 4) is 5.75 Å². The lowest BCUT2D eigenvalue weighted by Gasteiger charge is -2.10. The normalized spacial score (nSPS) is 11.5. The van der Waals surface area contributed by atoms with E-state index in [0.29, 0.717) is 12.1 Å². The number of benzene rings is 1. The van der Waals surface area contributed by atoms with Gasteiger partial charge in [-0.2, -0.15) is 0 Å². The van der Waals surface area contributed by atoms with E-state index in [1.807, 2.05) is 0 Å². The highest BCUT2D eigenvalue weighted by Crippen LogP contribution is 2.23. The molecule has 1 heterocycles. The van der Waals surface area contributed by atoms with Gasteiger partial charge in [-0.1, -0.05) is 12.1 Å². The Morgan fingerprint density at radius 3 is 2.53 bits per heavy atom. The average Bonchev–Trinajstić information content (AvgIpc) is 2.68. The highest BCUT2D eigenvalue weighted by atomic mass is 19.4. The third-order valence-electron chi connectivity index (χ3n) is 1.96. The second kappa shape index (κ2) is 4.44. The minimum absolute atomic E-state index is 0.233. The topological polar surface area (TPSA) is 39.9 Å². The first kappa shape index (κ1) is 11.4. The van der Waals surface area contributed by atoms with Gasteiger partial charge in [0.1, 0.15) is 18.4 Å². The molecule has 0 saturated heterocycles. The Morgan fingerprint density at radius 1 is 1.18 bits per heavy atom. The molecule has 1 aromatic carbocycles. The molecule has 2 rings (SSSR count). The van der Waals surface area contributed by atoms with Crippen molar-refractivity contribution in [2.45, 2.75) is 12.9 Å². The first-order valence-electron chi connectivity index (χ1n) is 4.70. The molecule has 0 aliphatic heterocycles. The number of rotatable bonds is 3. The largest absolute Gasteiger partial charge is 0.573 e. The van der Waals surface area contributed by atoms with E-state index < -0.39 is 6.36 Å². The van der Waals surface area contributed by atoms with Gasteiger partial charge in [0.2, 0.25) is 0 Å². The summed E-state index contributed by atoms with van der Waals surface area (Å²) in [6.07, 6.45) is -1.70. The molecule has 0 aliphatic carbocycles. The number of aromatic nitrogens is 3. The lowest BCUT2D eigenvalue weighted by atomic mass is 10.2. The Hall–Kier alpha value is -2.05. The van der Waals surface area contributed by atoms with Gasteiger partial charge in [0.05, 0.1) is 6.54 Å². The van der Waals surface area contributed by atoms with Gasteiger partial charge < -0.3 is 9.30 Å². The quantitative estimate of drug-likeness (QED) is 0.829. The zero-order valence-electron chi connectivity index (χ0n) is 8.55. The molecular formula is C10H8F3N3O. The summed E-state index contributed by atoms with van der Waals surface area (Å²) in [5.74, 6) is -0.233. The zero-order chi connectivity index (χ0) is 12.3. The number of alkyl halides is 3. The number of nitrogens with zero attached hydrogens (tertiary/aromatic N) is 3. The van der Waals surface area contributed by atoms with Crippen molar-refractivity contribution in [3.05, 3.63) is 42.5 Å². The number of halogens is 3. The monoisotopic (exact) mass is 243 g/mol. The summed E-state index contributed by atoms with van der Waals surface area (Å²) in [7, 11) is 0. The summed E-state index contributed by atoms with van der Waals surface area (Å²) in [4.78, 5) is 0. The fraction of sp³-hybridized carbons (Fsp3) is 0.200. The fourth-order valence-corrected chi connectivity index (χ4v) is 1.36. The van der Waals surface area contributed by atoms with Gasteiger partial charge in [-0.05, 0) is 17.7 Å². The van der Waals surface area contributed by atoms with E-state index in [1.165, 1.54) is 30.9 Å². The van der Waals surface area contributed by atoms with Crippen molar-refractivity contribution < 1.29 is 17.9 Å². The van der Waals surface area contributed by atoms with Crippen LogP contribution >= 0.6 is 0 Å². The van der Waals surface area contributed by atoms with Crippen LogP contribution in [0.4, 0.5) is 13.2 Å². The van der Waals surface area contributed by atoms with E-state index in [0.717, 1.165) is 0 Å². The summed E-state index contributed by atoms with van der Waals surface area (Å²) in [6.45, 7) is 0.391. The van der Waals surface area contributed by atoms with E-state index in [1.54, 1.807) is 10.6 Å². The molecule has 4 nitrogen and oxygen atoms in total. The van der Waals surface area contributed by atoms with Crippen LogP contribution in [0.2, 0.25) is 0 Å². The van der Waals surface area contributed by atoms with Gasteiger partial charge in [-0.25, -0.2) is 0 Å². The zero-order valence-corrected chi connectivity index (χ0v) is 8.55. The maximum absolute atomic E-state index is 12.0. The van der Waals surface area contributed by atoms with Crippen LogP contribution in [0.3, 0.4) is 0 Å². The third kappa shape index (κ3) is 3.47. The molecule has 90 valence electrons. The summed E-state index contributed by atoms with van der Waals surface area (Å²) < 4.78 is 41.5. The number of hydrogen-bond donors (Lipinski definition) is 0. The van der Waals surface area contributed by atoms with Crippen LogP contribution < -0.4 is 4.74 Å². The second-order valence-corrected chi connectivity index (χ2v) is 3.33. The van der Waals surface area contributed by atoms with Crippen LogP contribution in [-0.2, 0) is 6.54 Å². The molecule has 2 aromatic rings. The van der Waals surface area contributed by atoms with Crippen molar-refractivity contribution in [1.29, 1.82) is 0 Å². The minimum Gasteiger partial charge on any atom is -0.406 e. The van der Waals surface area contributed by atoms with Crippen LogP contribution in [0.1, 0.15) is 5.56 Å². The van der Waals surface area contributed by atoms with Gasteiger partial charge >= 0.3 is 6.36 Å². The fourth-order valence-electron chi connectivity index (χ4n) is 1.36. The van der Waals surface area contributed by atoms with E-state index in [4.69, 9.17) is 0 Å². The average molecular weight is 243 g/mol. The molecule has 17 heavy (non-hydrogen) atoms. The minimum atomic E-state index is -4.67. The van der Waals surface area contributed by atoms with Crippen LogP contribution in [0.15, 0.2) is 36.9 Å². The Labute approximate surface area is 94.7 Å². The highest BCUT2D eigenvalue weighted by molar-refractivity contribution is 5.28. The van der Waals surface area contributed by atoms with Gasteiger partial charge in [-0.3, -0.25) is 0 Å². The van der Waals surface area contributed by atoms with Crippen LogP contribution in [0, 0.1) is 0 Å². The van der Waals surface area contributed by atoms with Gasteiger partial charge in [0.15, 0.2) is 0 Å². The van der Waals surface area contributed by atoms with Crippen LogP contribution in [-0.4, -0.2) is 21.1 Å². The third-order valence-corrected chi connectivity index (χ3v) is 1.96. The van der Waals surface area contributed by atoms with E-state index in [9.17, 15) is 13.2 Å². The maximum atomic E-state index is 12.0. The standard InChI is InChI=1S/C10H8F3N3O/c11-10(12,13)17-9-3-1-2-8(4-9)5-16-6-14-15-7-16/h1-4,6-7H,5H2. The Bertz CT molecular complexity index is 482. The molecule has 0 unspecified atom stereocenters. The molecule has 0 saturated carbocycles. The molecular weight excluding hydrogens is 235 g/mol. The highest BCUT2D eigenvalue weighted by Gasteiger charge is 2.31. The molecule has 1 aromatic heterocycles. The van der Waals surface area contributed by atoms with Crippen molar-refractivity contribution in [1.82, 2.24) is 14.8 Å². The van der Waals surface area contributed by atoms with E-state index in [-0.39, 0.29) is 5.75 Å². The predicted octanol–water partition coefficient (Wildman–Crippen LogP) is 2.22. The van der Waals surface area contributed by atoms with Crippen LogP contribution in [0.5, 0.6) is 5.75 Å². The van der Waals surface area contributed by atoms with Crippen molar-refractivity contribution in [2.75, 3.05) is 0 Å². The van der Waals surface area contributed by atoms with E-state index >= 15 is 0 Å². The smallest absolute Gasteiger partial charge is 0.406 e. The van der Waals surface area contributed by atoms with Crippen molar-refractivity contribution in [3.63, 3.8) is 0 Å².